The van der Waals surface area contributed by atoms with Crippen LogP contribution in [0, 0.1) is 13.8 Å². The van der Waals surface area contributed by atoms with Crippen LogP contribution in [0.4, 0.5) is 5.69 Å². The number of aryl methyl sites for hydroxylation is 2. The second-order valence-corrected chi connectivity index (χ2v) is 4.74. The Morgan fingerprint density at radius 3 is 2.63 bits per heavy atom. The van der Waals surface area contributed by atoms with Crippen molar-refractivity contribution in [1.29, 1.82) is 0 Å². The van der Waals surface area contributed by atoms with Gasteiger partial charge in [0.1, 0.15) is 0 Å². The molecule has 1 amide bonds. The van der Waals surface area contributed by atoms with E-state index >= 15 is 0 Å². The number of nitrogen functional groups attached to an aromatic ring is 1. The molecule has 1 heterocycles. The first kappa shape index (κ1) is 13.2. The highest BCUT2D eigenvalue weighted by atomic mass is 16.1. The third-order valence-corrected chi connectivity index (χ3v) is 3.48. The van der Waals surface area contributed by atoms with Crippen LogP contribution in [-0.4, -0.2) is 10.5 Å². The molecule has 3 N–H and O–H groups in total. The van der Waals surface area contributed by atoms with Gasteiger partial charge in [0, 0.05) is 24.1 Å². The number of benzene rings is 1. The molecular weight excluding hydrogens is 238 g/mol. The van der Waals surface area contributed by atoms with Gasteiger partial charge in [-0.15, -0.1) is 0 Å². The number of carbonyl (C=O) groups excluding carboxylic acids is 1. The molecule has 0 radical (unpaired) electrons. The van der Waals surface area contributed by atoms with Crippen LogP contribution < -0.4 is 11.1 Å². The van der Waals surface area contributed by atoms with E-state index in [2.05, 4.69) is 9.88 Å². The van der Waals surface area contributed by atoms with Crippen LogP contribution in [0.3, 0.4) is 0 Å². The van der Waals surface area contributed by atoms with E-state index in [0.717, 1.165) is 11.3 Å². The van der Waals surface area contributed by atoms with E-state index in [0.29, 0.717) is 17.8 Å². The van der Waals surface area contributed by atoms with Crippen molar-refractivity contribution in [2.24, 2.45) is 7.05 Å². The minimum atomic E-state index is -0.139. The first-order chi connectivity index (χ1) is 9.00. The molecule has 4 heteroatoms. The summed E-state index contributed by atoms with van der Waals surface area (Å²) < 4.78 is 2.06. The van der Waals surface area contributed by atoms with Crippen molar-refractivity contribution in [1.82, 2.24) is 9.88 Å². The van der Waals surface area contributed by atoms with Crippen LogP contribution in [0.25, 0.3) is 0 Å². The standard InChI is InChI=1S/C15H19N3O/c1-10-5-4-6-13(14(10)16)15(19)17-9-12-8-7-11(2)18(12)3/h4-8H,9,16H2,1-3H3,(H,17,19). The second-order valence-electron chi connectivity index (χ2n) is 4.74. The third kappa shape index (κ3) is 2.62. The van der Waals surface area contributed by atoms with Crippen molar-refractivity contribution < 1.29 is 4.79 Å². The Bertz CT molecular complexity index is 614. The molecule has 100 valence electrons. The van der Waals surface area contributed by atoms with Crippen LogP contribution >= 0.6 is 0 Å². The maximum atomic E-state index is 12.1. The van der Waals surface area contributed by atoms with Gasteiger partial charge in [-0.05, 0) is 37.6 Å². The predicted octanol–water partition coefficient (Wildman–Crippen LogP) is 2.15. The zero-order valence-electron chi connectivity index (χ0n) is 11.5. The summed E-state index contributed by atoms with van der Waals surface area (Å²) in [5.41, 5.74) is 10.1. The molecule has 0 unspecified atom stereocenters. The highest BCUT2D eigenvalue weighted by Crippen LogP contribution is 2.16. The number of nitrogens with one attached hydrogen (secondary N) is 1. The Kier molecular flexibility index (Phi) is 3.60. The molecule has 2 rings (SSSR count). The number of rotatable bonds is 3. The summed E-state index contributed by atoms with van der Waals surface area (Å²) >= 11 is 0. The molecule has 0 aliphatic heterocycles. The first-order valence-corrected chi connectivity index (χ1v) is 6.25. The van der Waals surface area contributed by atoms with Crippen molar-refractivity contribution in [3.05, 3.63) is 52.8 Å². The second kappa shape index (κ2) is 5.18. The van der Waals surface area contributed by atoms with Crippen LogP contribution in [0.2, 0.25) is 0 Å². The van der Waals surface area contributed by atoms with Gasteiger partial charge >= 0.3 is 0 Å². The van der Waals surface area contributed by atoms with Gasteiger partial charge in [-0.25, -0.2) is 0 Å². The van der Waals surface area contributed by atoms with E-state index in [9.17, 15) is 4.79 Å². The number of carbonyl (C=O) groups is 1. The molecule has 0 saturated heterocycles. The van der Waals surface area contributed by atoms with Crippen LogP contribution in [0.15, 0.2) is 30.3 Å². The molecule has 0 aliphatic rings. The maximum absolute atomic E-state index is 12.1. The largest absolute Gasteiger partial charge is 0.398 e. The monoisotopic (exact) mass is 257 g/mol. The summed E-state index contributed by atoms with van der Waals surface area (Å²) in [6, 6.07) is 9.52. The Morgan fingerprint density at radius 2 is 2.00 bits per heavy atom. The van der Waals surface area contributed by atoms with Gasteiger partial charge in [0.05, 0.1) is 12.1 Å². The molecule has 0 fully saturated rings. The number of hydrogen-bond acceptors (Lipinski definition) is 2. The Morgan fingerprint density at radius 1 is 1.26 bits per heavy atom. The number of amides is 1. The van der Waals surface area contributed by atoms with Gasteiger partial charge in [0.15, 0.2) is 0 Å². The normalized spacial score (nSPS) is 10.5. The first-order valence-electron chi connectivity index (χ1n) is 6.25. The van der Waals surface area contributed by atoms with Gasteiger partial charge in [-0.3, -0.25) is 4.79 Å². The summed E-state index contributed by atoms with van der Waals surface area (Å²) in [5, 5.41) is 2.90. The average molecular weight is 257 g/mol. The molecule has 0 bridgehead atoms. The summed E-state index contributed by atoms with van der Waals surface area (Å²) in [6.45, 7) is 4.42. The van der Waals surface area contributed by atoms with Crippen molar-refractivity contribution in [2.75, 3.05) is 5.73 Å². The van der Waals surface area contributed by atoms with Gasteiger partial charge in [0.25, 0.3) is 5.91 Å². The lowest BCUT2D eigenvalue weighted by atomic mass is 10.1. The SMILES string of the molecule is Cc1cccc(C(=O)NCc2ccc(C)n2C)c1N. The molecule has 19 heavy (non-hydrogen) atoms. The summed E-state index contributed by atoms with van der Waals surface area (Å²) in [6.07, 6.45) is 0. The van der Waals surface area contributed by atoms with E-state index in [-0.39, 0.29) is 5.91 Å². The number of para-hydroxylation sites is 1. The number of nitrogens with zero attached hydrogens (tertiary/aromatic N) is 1. The number of anilines is 1. The maximum Gasteiger partial charge on any atom is 0.253 e. The lowest BCUT2D eigenvalue weighted by Crippen LogP contribution is -2.25. The molecule has 1 aromatic heterocycles. The van der Waals surface area contributed by atoms with E-state index in [4.69, 9.17) is 5.73 Å². The Hall–Kier alpha value is -2.23. The molecule has 1 aromatic carbocycles. The smallest absolute Gasteiger partial charge is 0.253 e. The van der Waals surface area contributed by atoms with Crippen molar-refractivity contribution >= 4 is 11.6 Å². The lowest BCUT2D eigenvalue weighted by molar-refractivity contribution is 0.0951. The predicted molar refractivity (Wildman–Crippen MR) is 76.9 cm³/mol. The van der Waals surface area contributed by atoms with Gasteiger partial charge in [0.2, 0.25) is 0 Å². The molecule has 2 aromatic rings. The Balaban J connectivity index is 2.10. The van der Waals surface area contributed by atoms with Gasteiger partial charge in [-0.2, -0.15) is 0 Å². The van der Waals surface area contributed by atoms with E-state index in [1.807, 2.05) is 45.2 Å². The molecule has 0 saturated carbocycles. The van der Waals surface area contributed by atoms with Crippen LogP contribution in [0.5, 0.6) is 0 Å². The topological polar surface area (TPSA) is 60.0 Å². The fourth-order valence-electron chi connectivity index (χ4n) is 1.99. The van der Waals surface area contributed by atoms with Gasteiger partial charge < -0.3 is 15.6 Å². The van der Waals surface area contributed by atoms with Crippen molar-refractivity contribution in [2.45, 2.75) is 20.4 Å². The average Bonchev–Trinajstić information content (AvgIpc) is 2.70. The Labute approximate surface area is 113 Å². The third-order valence-electron chi connectivity index (χ3n) is 3.48. The molecule has 0 atom stereocenters. The number of hydrogen-bond donors (Lipinski definition) is 2. The minimum Gasteiger partial charge on any atom is -0.398 e. The molecule has 4 nitrogen and oxygen atoms in total. The summed E-state index contributed by atoms with van der Waals surface area (Å²) in [5.74, 6) is -0.139. The fraction of sp³-hybridized carbons (Fsp3) is 0.267. The number of aromatic nitrogens is 1. The summed E-state index contributed by atoms with van der Waals surface area (Å²) in [7, 11) is 1.98. The minimum absolute atomic E-state index is 0.139. The van der Waals surface area contributed by atoms with Gasteiger partial charge in [-0.1, -0.05) is 12.1 Å². The van der Waals surface area contributed by atoms with Crippen molar-refractivity contribution in [3.8, 4) is 0 Å². The highest BCUT2D eigenvalue weighted by Gasteiger charge is 2.11. The fourth-order valence-corrected chi connectivity index (χ4v) is 1.99. The lowest BCUT2D eigenvalue weighted by Gasteiger charge is -2.10. The van der Waals surface area contributed by atoms with E-state index < -0.39 is 0 Å². The molecule has 0 aliphatic carbocycles. The van der Waals surface area contributed by atoms with E-state index in [1.165, 1.54) is 5.69 Å². The zero-order valence-corrected chi connectivity index (χ0v) is 11.5. The quantitative estimate of drug-likeness (QED) is 0.828. The van der Waals surface area contributed by atoms with E-state index in [1.54, 1.807) is 6.07 Å². The summed E-state index contributed by atoms with van der Waals surface area (Å²) in [4.78, 5) is 12.1. The molecular formula is C15H19N3O. The zero-order chi connectivity index (χ0) is 14.0. The number of nitrogens with two attached hydrogens (primary N) is 1. The highest BCUT2D eigenvalue weighted by molar-refractivity contribution is 5.99. The van der Waals surface area contributed by atoms with Crippen LogP contribution in [0.1, 0.15) is 27.3 Å². The van der Waals surface area contributed by atoms with Crippen LogP contribution in [-0.2, 0) is 13.6 Å². The molecule has 0 spiro atoms. The van der Waals surface area contributed by atoms with Crippen molar-refractivity contribution in [3.63, 3.8) is 0 Å².